The van der Waals surface area contributed by atoms with Crippen molar-refractivity contribution in [3.8, 4) is 11.5 Å². The molecule has 0 unspecified atom stereocenters. The van der Waals surface area contributed by atoms with Gasteiger partial charge in [0, 0.05) is 17.8 Å². The molecule has 28 heavy (non-hydrogen) atoms. The number of rotatable bonds is 2. The smallest absolute Gasteiger partial charge is 0.261 e. The van der Waals surface area contributed by atoms with E-state index < -0.39 is 5.91 Å². The Labute approximate surface area is 171 Å². The van der Waals surface area contributed by atoms with Gasteiger partial charge in [0.05, 0.1) is 21.8 Å². The molecule has 140 valence electrons. The van der Waals surface area contributed by atoms with E-state index in [1.807, 2.05) is 18.2 Å². The van der Waals surface area contributed by atoms with Crippen LogP contribution in [0.3, 0.4) is 0 Å². The van der Waals surface area contributed by atoms with Crippen molar-refractivity contribution in [2.24, 2.45) is 0 Å². The SMILES string of the molecule is CN1C(=O)c2cc(NC(=O)c3cc(Cl)ccc3Cl)ccc2Oc2ccccc21. The molecule has 5 nitrogen and oxygen atoms in total. The number of carbonyl (C=O) groups is 2. The molecular formula is C21H14Cl2N2O3. The third-order valence-corrected chi connectivity index (χ3v) is 4.96. The van der Waals surface area contributed by atoms with Crippen molar-refractivity contribution >= 4 is 46.4 Å². The maximum Gasteiger partial charge on any atom is 0.261 e. The average molecular weight is 413 g/mol. The lowest BCUT2D eigenvalue weighted by Gasteiger charge is -2.16. The van der Waals surface area contributed by atoms with Gasteiger partial charge in [0.25, 0.3) is 11.8 Å². The van der Waals surface area contributed by atoms with Crippen molar-refractivity contribution in [2.75, 3.05) is 17.3 Å². The van der Waals surface area contributed by atoms with Crippen LogP contribution in [0.25, 0.3) is 0 Å². The van der Waals surface area contributed by atoms with Gasteiger partial charge in [-0.05, 0) is 48.5 Å². The van der Waals surface area contributed by atoms with E-state index in [0.29, 0.717) is 33.5 Å². The molecule has 0 bridgehead atoms. The number of amides is 2. The van der Waals surface area contributed by atoms with Crippen LogP contribution in [0.15, 0.2) is 60.7 Å². The Hall–Kier alpha value is -3.02. The standard InChI is InChI=1S/C21H14Cl2N2O3/c1-25-17-4-2-3-5-19(17)28-18-9-7-13(11-15(18)21(25)27)24-20(26)14-10-12(22)6-8-16(14)23/h2-11H,1H3,(H,24,26). The molecule has 1 aliphatic rings. The number of halogens is 2. The Morgan fingerprint density at radius 2 is 1.79 bits per heavy atom. The van der Waals surface area contributed by atoms with Gasteiger partial charge >= 0.3 is 0 Å². The largest absolute Gasteiger partial charge is 0.454 e. The van der Waals surface area contributed by atoms with E-state index >= 15 is 0 Å². The number of nitrogens with one attached hydrogen (secondary N) is 1. The van der Waals surface area contributed by atoms with Gasteiger partial charge < -0.3 is 15.0 Å². The molecule has 0 spiro atoms. The number of anilines is 2. The fraction of sp³-hybridized carbons (Fsp3) is 0.0476. The molecule has 1 N–H and O–H groups in total. The van der Waals surface area contributed by atoms with Crippen LogP contribution >= 0.6 is 23.2 Å². The normalized spacial score (nSPS) is 12.5. The van der Waals surface area contributed by atoms with Gasteiger partial charge in [-0.2, -0.15) is 0 Å². The van der Waals surface area contributed by atoms with Crippen LogP contribution in [-0.2, 0) is 0 Å². The first-order valence-electron chi connectivity index (χ1n) is 8.39. The first-order chi connectivity index (χ1) is 13.4. The Morgan fingerprint density at radius 3 is 2.61 bits per heavy atom. The lowest BCUT2D eigenvalue weighted by atomic mass is 10.1. The highest BCUT2D eigenvalue weighted by Gasteiger charge is 2.26. The second-order valence-corrected chi connectivity index (χ2v) is 7.07. The van der Waals surface area contributed by atoms with Crippen molar-refractivity contribution in [2.45, 2.75) is 0 Å². The Kier molecular flexibility index (Phi) is 4.71. The first-order valence-corrected chi connectivity index (χ1v) is 9.15. The number of fused-ring (bicyclic) bond motifs is 2. The van der Waals surface area contributed by atoms with Gasteiger partial charge in [-0.3, -0.25) is 9.59 Å². The number of ether oxygens (including phenoxy) is 1. The molecule has 0 aromatic heterocycles. The molecule has 0 atom stereocenters. The summed E-state index contributed by atoms with van der Waals surface area (Å²) in [6.07, 6.45) is 0. The van der Waals surface area contributed by atoms with Crippen molar-refractivity contribution in [1.29, 1.82) is 0 Å². The monoisotopic (exact) mass is 412 g/mol. The van der Waals surface area contributed by atoms with Crippen LogP contribution in [0.1, 0.15) is 20.7 Å². The van der Waals surface area contributed by atoms with E-state index in [-0.39, 0.29) is 16.5 Å². The molecule has 7 heteroatoms. The summed E-state index contributed by atoms with van der Waals surface area (Å²) in [5, 5.41) is 3.43. The zero-order chi connectivity index (χ0) is 19.8. The summed E-state index contributed by atoms with van der Waals surface area (Å²) in [5.41, 5.74) is 1.70. The quantitative estimate of drug-likeness (QED) is 0.593. The predicted molar refractivity (Wildman–Crippen MR) is 110 cm³/mol. The Balaban J connectivity index is 1.67. The van der Waals surface area contributed by atoms with E-state index in [1.165, 1.54) is 11.0 Å². The van der Waals surface area contributed by atoms with Crippen molar-refractivity contribution in [3.05, 3.63) is 81.8 Å². The minimum Gasteiger partial charge on any atom is -0.454 e. The van der Waals surface area contributed by atoms with E-state index in [2.05, 4.69) is 5.32 Å². The third-order valence-electron chi connectivity index (χ3n) is 4.39. The first kappa shape index (κ1) is 18.3. The zero-order valence-electron chi connectivity index (χ0n) is 14.7. The highest BCUT2D eigenvalue weighted by molar-refractivity contribution is 6.36. The molecule has 1 aliphatic heterocycles. The van der Waals surface area contributed by atoms with E-state index in [4.69, 9.17) is 27.9 Å². The maximum absolute atomic E-state index is 12.9. The van der Waals surface area contributed by atoms with E-state index in [0.717, 1.165) is 0 Å². The number of benzene rings is 3. The molecular weight excluding hydrogens is 399 g/mol. The second kappa shape index (κ2) is 7.19. The number of para-hydroxylation sites is 2. The zero-order valence-corrected chi connectivity index (χ0v) is 16.2. The number of hydrogen-bond acceptors (Lipinski definition) is 3. The van der Waals surface area contributed by atoms with Crippen molar-refractivity contribution in [1.82, 2.24) is 0 Å². The summed E-state index contributed by atoms with van der Waals surface area (Å²) < 4.78 is 5.91. The molecule has 0 fully saturated rings. The summed E-state index contributed by atoms with van der Waals surface area (Å²) in [7, 11) is 1.68. The highest BCUT2D eigenvalue weighted by atomic mass is 35.5. The maximum atomic E-state index is 12.9. The molecule has 1 heterocycles. The second-order valence-electron chi connectivity index (χ2n) is 6.22. The molecule has 2 amide bonds. The van der Waals surface area contributed by atoms with Crippen LogP contribution in [-0.4, -0.2) is 18.9 Å². The lowest BCUT2D eigenvalue weighted by molar-refractivity contribution is 0.0990. The van der Waals surface area contributed by atoms with Gasteiger partial charge in [-0.15, -0.1) is 0 Å². The summed E-state index contributed by atoms with van der Waals surface area (Å²) in [6, 6.07) is 16.8. The van der Waals surface area contributed by atoms with Crippen LogP contribution < -0.4 is 15.0 Å². The van der Waals surface area contributed by atoms with Gasteiger partial charge in [-0.1, -0.05) is 35.3 Å². The molecule has 0 saturated carbocycles. The lowest BCUT2D eigenvalue weighted by Crippen LogP contribution is -2.25. The fourth-order valence-electron chi connectivity index (χ4n) is 2.96. The molecule has 0 aliphatic carbocycles. The molecule has 3 aromatic rings. The minimum atomic E-state index is -0.425. The Bertz CT molecular complexity index is 1110. The van der Waals surface area contributed by atoms with E-state index in [1.54, 1.807) is 43.4 Å². The fourth-order valence-corrected chi connectivity index (χ4v) is 3.34. The van der Waals surface area contributed by atoms with Crippen molar-refractivity contribution < 1.29 is 14.3 Å². The molecule has 4 rings (SSSR count). The van der Waals surface area contributed by atoms with Gasteiger partial charge in [-0.25, -0.2) is 0 Å². The number of hydrogen-bond donors (Lipinski definition) is 1. The van der Waals surface area contributed by atoms with Crippen molar-refractivity contribution in [3.63, 3.8) is 0 Å². The summed E-state index contributed by atoms with van der Waals surface area (Å²) in [6.45, 7) is 0. The van der Waals surface area contributed by atoms with E-state index in [9.17, 15) is 9.59 Å². The minimum absolute atomic E-state index is 0.239. The van der Waals surface area contributed by atoms with Crippen LogP contribution in [0.2, 0.25) is 10.0 Å². The average Bonchev–Trinajstić information content (AvgIpc) is 2.79. The van der Waals surface area contributed by atoms with Crippen LogP contribution in [0, 0.1) is 0 Å². The topological polar surface area (TPSA) is 58.6 Å². The molecule has 0 saturated heterocycles. The molecule has 0 radical (unpaired) electrons. The highest BCUT2D eigenvalue weighted by Crippen LogP contribution is 2.39. The summed E-state index contributed by atoms with van der Waals surface area (Å²) >= 11 is 12.0. The van der Waals surface area contributed by atoms with Crippen LogP contribution in [0.5, 0.6) is 11.5 Å². The summed E-state index contributed by atoms with van der Waals surface area (Å²) in [5.74, 6) is 0.336. The van der Waals surface area contributed by atoms with Gasteiger partial charge in [0.15, 0.2) is 5.75 Å². The summed E-state index contributed by atoms with van der Waals surface area (Å²) in [4.78, 5) is 27.0. The van der Waals surface area contributed by atoms with Crippen LogP contribution in [0.4, 0.5) is 11.4 Å². The van der Waals surface area contributed by atoms with Gasteiger partial charge in [0.2, 0.25) is 0 Å². The molecule has 3 aromatic carbocycles. The predicted octanol–water partition coefficient (Wildman–Crippen LogP) is 5.63. The Morgan fingerprint density at radius 1 is 1.00 bits per heavy atom. The van der Waals surface area contributed by atoms with Gasteiger partial charge in [0.1, 0.15) is 5.75 Å². The number of carbonyl (C=O) groups excluding carboxylic acids is 2. The third kappa shape index (κ3) is 3.30. The number of nitrogens with zero attached hydrogens (tertiary/aromatic N) is 1.